The minimum atomic E-state index is -0.204. The molecule has 0 bridgehead atoms. The van der Waals surface area contributed by atoms with E-state index in [0.717, 1.165) is 19.6 Å². The van der Waals surface area contributed by atoms with Gasteiger partial charge in [-0.25, -0.2) is 0 Å². The highest BCUT2D eigenvalue weighted by Gasteiger charge is 2.49. The van der Waals surface area contributed by atoms with Crippen LogP contribution in [0.5, 0.6) is 0 Å². The molecule has 0 unspecified atom stereocenters. The predicted octanol–water partition coefficient (Wildman–Crippen LogP) is 1.33. The Morgan fingerprint density at radius 3 is 2.56 bits per heavy atom. The third-order valence-electron chi connectivity index (χ3n) is 5.30. The topological polar surface area (TPSA) is 59.1 Å². The number of amides is 1. The maximum absolute atomic E-state index is 12.7. The Hall–Kier alpha value is -1.92. The van der Waals surface area contributed by atoms with E-state index in [9.17, 15) is 9.59 Å². The lowest BCUT2D eigenvalue weighted by molar-refractivity contribution is -0.142. The molecule has 3 rings (SSSR count). The minimum Gasteiger partial charge on any atom is -0.468 e. The van der Waals surface area contributed by atoms with Crippen molar-refractivity contribution in [3.05, 3.63) is 35.9 Å². The fourth-order valence-electron chi connectivity index (χ4n) is 4.18. The van der Waals surface area contributed by atoms with Gasteiger partial charge in [0.1, 0.15) is 0 Å². The van der Waals surface area contributed by atoms with Gasteiger partial charge in [-0.3, -0.25) is 14.5 Å². The van der Waals surface area contributed by atoms with Crippen molar-refractivity contribution >= 4 is 11.9 Å². The van der Waals surface area contributed by atoms with Crippen molar-refractivity contribution in [2.24, 2.45) is 11.8 Å². The number of rotatable bonds is 6. The zero-order valence-electron chi connectivity index (χ0n) is 14.9. The van der Waals surface area contributed by atoms with E-state index < -0.39 is 0 Å². The Bertz CT molecular complexity index is 607. The van der Waals surface area contributed by atoms with Crippen molar-refractivity contribution < 1.29 is 19.1 Å². The van der Waals surface area contributed by atoms with Crippen LogP contribution in [0, 0.1) is 11.8 Å². The maximum atomic E-state index is 12.7. The van der Waals surface area contributed by atoms with E-state index in [1.807, 2.05) is 23.1 Å². The monoisotopic (exact) mass is 346 g/mol. The van der Waals surface area contributed by atoms with E-state index in [0.29, 0.717) is 31.4 Å². The maximum Gasteiger partial charge on any atom is 0.319 e. The normalized spacial score (nSPS) is 25.8. The van der Waals surface area contributed by atoms with Crippen LogP contribution in [-0.2, 0) is 19.1 Å². The summed E-state index contributed by atoms with van der Waals surface area (Å²) in [6.45, 7) is 3.15. The second-order valence-electron chi connectivity index (χ2n) is 6.84. The first-order chi connectivity index (χ1) is 12.1. The molecule has 0 saturated carbocycles. The number of fused-ring (bicyclic) bond motifs is 1. The summed E-state index contributed by atoms with van der Waals surface area (Å²) in [5.74, 6) is 0.675. The van der Waals surface area contributed by atoms with Gasteiger partial charge in [0.25, 0.3) is 0 Å². The van der Waals surface area contributed by atoms with E-state index in [-0.39, 0.29) is 17.9 Å². The summed E-state index contributed by atoms with van der Waals surface area (Å²) in [6.07, 6.45) is 0.408. The molecule has 25 heavy (non-hydrogen) atoms. The van der Waals surface area contributed by atoms with E-state index in [1.54, 1.807) is 7.11 Å². The Morgan fingerprint density at radius 1 is 1.12 bits per heavy atom. The number of nitrogens with zero attached hydrogens (tertiary/aromatic N) is 2. The zero-order valence-corrected chi connectivity index (χ0v) is 14.9. The standard InChI is InChI=1S/C19H26N2O4/c1-24-9-8-17(22)21-11-15-10-20(13-18(23)25-2)12-16(15)19(21)14-6-4-3-5-7-14/h3-7,15-16,19H,8-13H2,1-2H3/t15-,16-,19+/m0/s1. The molecule has 2 fully saturated rings. The summed E-state index contributed by atoms with van der Waals surface area (Å²) in [5, 5.41) is 0. The fourth-order valence-corrected chi connectivity index (χ4v) is 4.18. The first-order valence-corrected chi connectivity index (χ1v) is 8.76. The molecule has 2 heterocycles. The second-order valence-corrected chi connectivity index (χ2v) is 6.84. The smallest absolute Gasteiger partial charge is 0.319 e. The van der Waals surface area contributed by atoms with Crippen molar-refractivity contribution in [2.75, 3.05) is 47.0 Å². The summed E-state index contributed by atoms with van der Waals surface area (Å²) < 4.78 is 9.86. The fraction of sp³-hybridized carbons (Fsp3) is 0.579. The Morgan fingerprint density at radius 2 is 1.88 bits per heavy atom. The van der Waals surface area contributed by atoms with Crippen LogP contribution >= 0.6 is 0 Å². The molecule has 1 aromatic carbocycles. The van der Waals surface area contributed by atoms with Crippen LogP contribution in [0.25, 0.3) is 0 Å². The van der Waals surface area contributed by atoms with E-state index in [1.165, 1.54) is 12.7 Å². The van der Waals surface area contributed by atoms with Gasteiger partial charge >= 0.3 is 5.97 Å². The van der Waals surface area contributed by atoms with Gasteiger partial charge in [0.2, 0.25) is 5.91 Å². The van der Waals surface area contributed by atoms with Crippen molar-refractivity contribution in [2.45, 2.75) is 12.5 Å². The first-order valence-electron chi connectivity index (χ1n) is 8.76. The van der Waals surface area contributed by atoms with E-state index >= 15 is 0 Å². The Kier molecular flexibility index (Phi) is 5.71. The molecule has 6 heteroatoms. The number of likely N-dealkylation sites (tertiary alicyclic amines) is 2. The number of carbonyl (C=O) groups is 2. The highest BCUT2D eigenvalue weighted by molar-refractivity contribution is 5.77. The highest BCUT2D eigenvalue weighted by atomic mass is 16.5. The molecule has 1 amide bonds. The molecule has 0 radical (unpaired) electrons. The summed E-state index contributed by atoms with van der Waals surface area (Å²) in [6, 6.07) is 10.3. The number of esters is 1. The highest BCUT2D eigenvalue weighted by Crippen LogP contribution is 2.45. The van der Waals surface area contributed by atoms with Crippen molar-refractivity contribution in [3.8, 4) is 0 Å². The van der Waals surface area contributed by atoms with Crippen LogP contribution in [-0.4, -0.2) is 68.7 Å². The summed E-state index contributed by atoms with van der Waals surface area (Å²) >= 11 is 0. The van der Waals surface area contributed by atoms with Crippen LogP contribution < -0.4 is 0 Å². The van der Waals surface area contributed by atoms with Crippen LogP contribution in [0.4, 0.5) is 0 Å². The summed E-state index contributed by atoms with van der Waals surface area (Å²) in [5.41, 5.74) is 1.17. The number of ether oxygens (including phenoxy) is 2. The van der Waals surface area contributed by atoms with Gasteiger partial charge < -0.3 is 14.4 Å². The third kappa shape index (κ3) is 3.85. The zero-order chi connectivity index (χ0) is 17.8. The Balaban J connectivity index is 1.77. The molecule has 2 aliphatic heterocycles. The number of hydrogen-bond donors (Lipinski definition) is 0. The van der Waals surface area contributed by atoms with Crippen LogP contribution in [0.3, 0.4) is 0 Å². The van der Waals surface area contributed by atoms with E-state index in [4.69, 9.17) is 9.47 Å². The van der Waals surface area contributed by atoms with E-state index in [2.05, 4.69) is 17.0 Å². The largest absolute Gasteiger partial charge is 0.468 e. The van der Waals surface area contributed by atoms with Crippen molar-refractivity contribution in [3.63, 3.8) is 0 Å². The molecule has 1 aromatic rings. The molecule has 0 aromatic heterocycles. The van der Waals surface area contributed by atoms with Crippen molar-refractivity contribution in [1.82, 2.24) is 9.80 Å². The summed E-state index contributed by atoms with van der Waals surface area (Å²) in [4.78, 5) is 28.4. The Labute approximate surface area is 148 Å². The molecule has 0 aliphatic carbocycles. The number of carbonyl (C=O) groups excluding carboxylic acids is 2. The lowest BCUT2D eigenvalue weighted by Crippen LogP contribution is -2.37. The van der Waals surface area contributed by atoms with Gasteiger partial charge in [0.15, 0.2) is 0 Å². The van der Waals surface area contributed by atoms with Gasteiger partial charge in [-0.1, -0.05) is 30.3 Å². The predicted molar refractivity (Wildman–Crippen MR) is 92.8 cm³/mol. The molecule has 6 nitrogen and oxygen atoms in total. The lowest BCUT2D eigenvalue weighted by atomic mass is 9.89. The van der Waals surface area contributed by atoms with Gasteiger partial charge in [-0.15, -0.1) is 0 Å². The molecular weight excluding hydrogens is 320 g/mol. The average Bonchev–Trinajstić information content (AvgIpc) is 3.17. The van der Waals surface area contributed by atoms with Gasteiger partial charge in [-0.2, -0.15) is 0 Å². The molecule has 0 N–H and O–H groups in total. The van der Waals surface area contributed by atoms with Crippen molar-refractivity contribution in [1.29, 1.82) is 0 Å². The number of benzene rings is 1. The van der Waals surface area contributed by atoms with Crippen LogP contribution in [0.15, 0.2) is 30.3 Å². The van der Waals surface area contributed by atoms with Gasteiger partial charge in [0, 0.05) is 32.7 Å². The van der Waals surface area contributed by atoms with Gasteiger partial charge in [0.05, 0.1) is 32.7 Å². The number of hydrogen-bond acceptors (Lipinski definition) is 5. The second kappa shape index (κ2) is 7.97. The lowest BCUT2D eigenvalue weighted by Gasteiger charge is -2.30. The molecule has 0 spiro atoms. The molecule has 3 atom stereocenters. The SMILES string of the molecule is COCCC(=O)N1C[C@@H]2CN(CC(=O)OC)C[C@@H]2[C@H]1c1ccccc1. The molecular formula is C19H26N2O4. The summed E-state index contributed by atoms with van der Waals surface area (Å²) in [7, 11) is 3.04. The first kappa shape index (κ1) is 17.9. The van der Waals surface area contributed by atoms with Crippen LogP contribution in [0.1, 0.15) is 18.0 Å². The van der Waals surface area contributed by atoms with Crippen LogP contribution in [0.2, 0.25) is 0 Å². The molecule has 2 aliphatic rings. The number of methoxy groups -OCH3 is 2. The average molecular weight is 346 g/mol. The third-order valence-corrected chi connectivity index (χ3v) is 5.30. The molecule has 136 valence electrons. The quantitative estimate of drug-likeness (QED) is 0.727. The van der Waals surface area contributed by atoms with Gasteiger partial charge in [-0.05, 0) is 11.5 Å². The molecule has 2 saturated heterocycles. The minimum absolute atomic E-state index is 0.0678.